The Bertz CT molecular complexity index is 988. The number of hydrogen-bond donors (Lipinski definition) is 2. The molecular weight excluding hydrogens is 360 g/mol. The lowest BCUT2D eigenvalue weighted by Crippen LogP contribution is -2.37. The Balaban J connectivity index is 1.69. The highest BCUT2D eigenvalue weighted by Gasteiger charge is 2.32. The quantitative estimate of drug-likeness (QED) is 0.603. The summed E-state index contributed by atoms with van der Waals surface area (Å²) in [5.41, 5.74) is 2.67. The van der Waals surface area contributed by atoms with Crippen LogP contribution in [-0.2, 0) is 0 Å². The third-order valence-corrected chi connectivity index (χ3v) is 4.45. The van der Waals surface area contributed by atoms with Crippen molar-refractivity contribution in [3.8, 4) is 5.75 Å². The number of Topliss-reactive ketones (excluding diaryl/α,β-unsaturated/α-hetero) is 1. The molecule has 0 fully saturated rings. The van der Waals surface area contributed by atoms with Crippen LogP contribution in [0, 0.1) is 0 Å². The molecule has 1 aliphatic rings. The van der Waals surface area contributed by atoms with Crippen molar-refractivity contribution in [3.05, 3.63) is 101 Å². The average molecular weight is 377 g/mol. The number of anilines is 2. The van der Waals surface area contributed by atoms with Gasteiger partial charge >= 0.3 is 0 Å². The van der Waals surface area contributed by atoms with Crippen LogP contribution in [0.15, 0.2) is 90.6 Å². The first-order chi connectivity index (χ1) is 13.2. The van der Waals surface area contributed by atoms with E-state index >= 15 is 0 Å². The molecule has 0 radical (unpaired) electrons. The highest BCUT2D eigenvalue weighted by atomic mass is 35.5. The highest BCUT2D eigenvalue weighted by Crippen LogP contribution is 2.33. The number of benzene rings is 3. The zero-order valence-corrected chi connectivity index (χ0v) is 15.1. The minimum atomic E-state index is -0.621. The Morgan fingerprint density at radius 3 is 2.26 bits per heavy atom. The van der Waals surface area contributed by atoms with Gasteiger partial charge in [0.05, 0.1) is 11.1 Å². The molecule has 0 spiro atoms. The number of ether oxygens (including phenoxy) is 1. The predicted molar refractivity (Wildman–Crippen MR) is 108 cm³/mol. The summed E-state index contributed by atoms with van der Waals surface area (Å²) in [5.74, 6) is 0.380. The summed E-state index contributed by atoms with van der Waals surface area (Å²) >= 11 is 6.07. The molecule has 134 valence electrons. The van der Waals surface area contributed by atoms with Gasteiger partial charge in [-0.05, 0) is 42.5 Å². The van der Waals surface area contributed by atoms with Crippen LogP contribution in [-0.4, -0.2) is 12.0 Å². The molecule has 5 heteroatoms. The Labute approximate surface area is 162 Å². The molecule has 0 saturated carbocycles. The molecule has 0 saturated heterocycles. The van der Waals surface area contributed by atoms with Crippen molar-refractivity contribution in [2.45, 2.75) is 6.23 Å². The van der Waals surface area contributed by atoms with Crippen LogP contribution in [0.1, 0.15) is 10.4 Å². The van der Waals surface area contributed by atoms with Crippen LogP contribution >= 0.6 is 11.6 Å². The number of nitrogens with one attached hydrogen (secondary N) is 2. The van der Waals surface area contributed by atoms with Crippen LogP contribution in [0.5, 0.6) is 5.75 Å². The van der Waals surface area contributed by atoms with Crippen LogP contribution in [0.2, 0.25) is 5.02 Å². The molecule has 0 unspecified atom stereocenters. The number of hydrogen-bond acceptors (Lipinski definition) is 4. The molecule has 3 aromatic carbocycles. The molecule has 4 nitrogen and oxygen atoms in total. The fraction of sp³-hybridized carbons (Fsp3) is 0.0455. The van der Waals surface area contributed by atoms with Crippen molar-refractivity contribution in [1.29, 1.82) is 0 Å². The molecule has 0 aromatic heterocycles. The summed E-state index contributed by atoms with van der Waals surface area (Å²) in [7, 11) is 0. The number of carbonyl (C=O) groups excluding carboxylic acids is 1. The molecule has 1 aliphatic heterocycles. The first kappa shape index (κ1) is 17.2. The first-order valence-electron chi connectivity index (χ1n) is 8.55. The SMILES string of the molecule is O=C1/C(=C/Nc2ccccc2)[C@H](Nc2ccccc2)Oc2ccc(Cl)cc21. The molecule has 0 aliphatic carbocycles. The van der Waals surface area contributed by atoms with Gasteiger partial charge in [0.15, 0.2) is 5.78 Å². The molecule has 4 rings (SSSR count). The molecule has 1 heterocycles. The van der Waals surface area contributed by atoms with Gasteiger partial charge in [-0.3, -0.25) is 4.79 Å². The second-order valence-corrected chi connectivity index (χ2v) is 6.52. The molecule has 27 heavy (non-hydrogen) atoms. The average Bonchev–Trinajstić information content (AvgIpc) is 2.70. The van der Waals surface area contributed by atoms with Crippen molar-refractivity contribution in [2.75, 3.05) is 10.6 Å². The second kappa shape index (κ2) is 7.56. The van der Waals surface area contributed by atoms with Gasteiger partial charge in [0.2, 0.25) is 6.23 Å². The number of rotatable bonds is 4. The van der Waals surface area contributed by atoms with E-state index in [2.05, 4.69) is 10.6 Å². The van der Waals surface area contributed by atoms with Gasteiger partial charge in [0.25, 0.3) is 0 Å². The van der Waals surface area contributed by atoms with Gasteiger partial charge in [0, 0.05) is 22.6 Å². The maximum Gasteiger partial charge on any atom is 0.201 e. The van der Waals surface area contributed by atoms with E-state index in [0.29, 0.717) is 21.9 Å². The Kier molecular flexibility index (Phi) is 4.81. The minimum absolute atomic E-state index is 0.129. The smallest absolute Gasteiger partial charge is 0.201 e. The van der Waals surface area contributed by atoms with Crippen LogP contribution in [0.3, 0.4) is 0 Å². The molecule has 1 atom stereocenters. The second-order valence-electron chi connectivity index (χ2n) is 6.09. The largest absolute Gasteiger partial charge is 0.466 e. The van der Waals surface area contributed by atoms with E-state index in [-0.39, 0.29) is 5.78 Å². The summed E-state index contributed by atoms with van der Waals surface area (Å²) < 4.78 is 6.06. The number of para-hydroxylation sites is 2. The number of halogens is 1. The molecule has 0 bridgehead atoms. The van der Waals surface area contributed by atoms with Crippen molar-refractivity contribution < 1.29 is 9.53 Å². The fourth-order valence-corrected chi connectivity index (χ4v) is 3.05. The lowest BCUT2D eigenvalue weighted by molar-refractivity contribution is 0.0973. The van der Waals surface area contributed by atoms with Gasteiger partial charge in [0.1, 0.15) is 5.75 Å². The van der Waals surface area contributed by atoms with E-state index in [9.17, 15) is 4.79 Å². The molecule has 2 N–H and O–H groups in total. The van der Waals surface area contributed by atoms with Gasteiger partial charge in [-0.15, -0.1) is 0 Å². The van der Waals surface area contributed by atoms with Crippen molar-refractivity contribution >= 4 is 28.8 Å². The van der Waals surface area contributed by atoms with Crippen LogP contribution in [0.25, 0.3) is 0 Å². The lowest BCUT2D eigenvalue weighted by atomic mass is 9.98. The van der Waals surface area contributed by atoms with Crippen molar-refractivity contribution in [3.63, 3.8) is 0 Å². The first-order valence-corrected chi connectivity index (χ1v) is 8.92. The lowest BCUT2D eigenvalue weighted by Gasteiger charge is -2.29. The maximum atomic E-state index is 13.1. The third-order valence-electron chi connectivity index (χ3n) is 4.22. The molecular formula is C22H17ClN2O2. The van der Waals surface area contributed by atoms with Crippen LogP contribution < -0.4 is 15.4 Å². The van der Waals surface area contributed by atoms with Gasteiger partial charge in [-0.25, -0.2) is 0 Å². The van der Waals surface area contributed by atoms with Gasteiger partial charge < -0.3 is 15.4 Å². The van der Waals surface area contributed by atoms with E-state index in [4.69, 9.17) is 16.3 Å². The normalized spacial score (nSPS) is 17.1. The summed E-state index contributed by atoms with van der Waals surface area (Å²) in [6.45, 7) is 0. The summed E-state index contributed by atoms with van der Waals surface area (Å²) in [5, 5.41) is 6.93. The van der Waals surface area contributed by atoms with Gasteiger partial charge in [-0.1, -0.05) is 48.0 Å². The zero-order chi connectivity index (χ0) is 18.6. The summed E-state index contributed by atoms with van der Waals surface area (Å²) in [6, 6.07) is 24.3. The fourth-order valence-electron chi connectivity index (χ4n) is 2.88. The highest BCUT2D eigenvalue weighted by molar-refractivity contribution is 6.31. The van der Waals surface area contributed by atoms with Crippen molar-refractivity contribution in [1.82, 2.24) is 0 Å². The topological polar surface area (TPSA) is 50.4 Å². The zero-order valence-electron chi connectivity index (χ0n) is 14.4. The van der Waals surface area contributed by atoms with E-state index < -0.39 is 6.23 Å². The van der Waals surface area contributed by atoms with Gasteiger partial charge in [-0.2, -0.15) is 0 Å². The Morgan fingerprint density at radius 1 is 0.889 bits per heavy atom. The van der Waals surface area contributed by atoms with Crippen molar-refractivity contribution in [2.24, 2.45) is 0 Å². The van der Waals surface area contributed by atoms with E-state index in [1.54, 1.807) is 24.4 Å². The summed E-state index contributed by atoms with van der Waals surface area (Å²) in [6.07, 6.45) is 1.06. The van der Waals surface area contributed by atoms with E-state index in [1.807, 2.05) is 60.7 Å². The minimum Gasteiger partial charge on any atom is -0.466 e. The Morgan fingerprint density at radius 2 is 1.56 bits per heavy atom. The standard InChI is InChI=1S/C22H17ClN2O2/c23-15-11-12-20-18(13-15)21(26)19(14-24-16-7-3-1-4-8-16)22(27-20)25-17-9-5-2-6-10-17/h1-14,22,24-25H/b19-14-/t22-/m1/s1. The summed E-state index contributed by atoms with van der Waals surface area (Å²) in [4.78, 5) is 13.1. The third kappa shape index (κ3) is 3.81. The molecule has 3 aromatic rings. The predicted octanol–water partition coefficient (Wildman–Crippen LogP) is 5.35. The number of carbonyl (C=O) groups is 1. The van der Waals surface area contributed by atoms with E-state index in [1.165, 1.54) is 0 Å². The number of ketones is 1. The van der Waals surface area contributed by atoms with Crippen LogP contribution in [0.4, 0.5) is 11.4 Å². The number of fused-ring (bicyclic) bond motifs is 1. The monoisotopic (exact) mass is 376 g/mol. The molecule has 0 amide bonds. The van der Waals surface area contributed by atoms with E-state index in [0.717, 1.165) is 11.4 Å². The Hall–Kier alpha value is -3.24. The maximum absolute atomic E-state index is 13.1.